The van der Waals surface area contributed by atoms with Crippen LogP contribution in [-0.4, -0.2) is 48.3 Å². The Morgan fingerprint density at radius 2 is 2.00 bits per heavy atom. The van der Waals surface area contributed by atoms with Gasteiger partial charge >= 0.3 is 5.97 Å². The zero-order chi connectivity index (χ0) is 21.4. The summed E-state index contributed by atoms with van der Waals surface area (Å²) in [5.41, 5.74) is 1.88. The molecule has 0 radical (unpaired) electrons. The quantitative estimate of drug-likeness (QED) is 0.451. The van der Waals surface area contributed by atoms with Crippen LogP contribution < -0.4 is 5.56 Å². The van der Waals surface area contributed by atoms with Crippen LogP contribution in [0.3, 0.4) is 0 Å². The number of carbonyl (C=O) groups is 1. The average Bonchev–Trinajstić information content (AvgIpc) is 3.09. The van der Waals surface area contributed by atoms with Gasteiger partial charge in [-0.15, -0.1) is 10.2 Å². The van der Waals surface area contributed by atoms with Gasteiger partial charge in [0.1, 0.15) is 17.4 Å². The van der Waals surface area contributed by atoms with Crippen molar-refractivity contribution >= 4 is 35.3 Å². The molecule has 0 fully saturated rings. The molecule has 4 aromatic rings. The Kier molecular flexibility index (Phi) is 5.22. The molecule has 3 aromatic heterocycles. The van der Waals surface area contributed by atoms with Crippen LogP contribution in [0.2, 0.25) is 0 Å². The van der Waals surface area contributed by atoms with Gasteiger partial charge < -0.3 is 9.84 Å². The molecule has 1 unspecified atom stereocenters. The zero-order valence-electron chi connectivity index (χ0n) is 15.7. The summed E-state index contributed by atoms with van der Waals surface area (Å²) >= 11 is 4.02. The number of hydrogen-bond acceptors (Lipinski definition) is 7. The number of methoxy groups -OCH3 is 1. The van der Waals surface area contributed by atoms with E-state index >= 15 is 0 Å². The number of carboxylic acids is 1. The van der Waals surface area contributed by atoms with Gasteiger partial charge in [-0.2, -0.15) is 17.7 Å². The van der Waals surface area contributed by atoms with E-state index in [0.29, 0.717) is 28.0 Å². The smallest absolute Gasteiger partial charge is 0.327 e. The van der Waals surface area contributed by atoms with Gasteiger partial charge in [0.25, 0.3) is 5.56 Å². The maximum absolute atomic E-state index is 13.4. The van der Waals surface area contributed by atoms with Gasteiger partial charge in [-0.1, -0.05) is 12.1 Å². The topological polar surface area (TPSA) is 112 Å². The second-order valence-electron chi connectivity index (χ2n) is 6.50. The van der Waals surface area contributed by atoms with Crippen molar-refractivity contribution in [2.24, 2.45) is 0 Å². The number of nitrogens with zero attached hydrogens (tertiary/aromatic N) is 5. The highest BCUT2D eigenvalue weighted by Gasteiger charge is 2.23. The maximum Gasteiger partial charge on any atom is 0.327 e. The van der Waals surface area contributed by atoms with Crippen molar-refractivity contribution in [1.82, 2.24) is 24.4 Å². The summed E-state index contributed by atoms with van der Waals surface area (Å²) in [6, 6.07) is 6.26. The monoisotopic (exact) mass is 429 g/mol. The fourth-order valence-corrected chi connectivity index (χ4v) is 3.62. The van der Waals surface area contributed by atoms with Crippen LogP contribution in [0.4, 0.5) is 4.39 Å². The Hall–Kier alpha value is -3.31. The second kappa shape index (κ2) is 7.84. The van der Waals surface area contributed by atoms with Gasteiger partial charge in [-0.25, -0.2) is 13.7 Å². The molecule has 0 aliphatic heterocycles. The minimum atomic E-state index is -1.18. The molecule has 154 valence electrons. The third kappa shape index (κ3) is 3.21. The number of thiol groups is 1. The number of hydrogen-bond donors (Lipinski definition) is 2. The molecular formula is C19H16FN5O4S. The van der Waals surface area contributed by atoms with Gasteiger partial charge in [-0.3, -0.25) is 9.36 Å². The Labute approximate surface area is 174 Å². The fourth-order valence-electron chi connectivity index (χ4n) is 3.29. The normalized spacial score (nSPS) is 12.5. The molecule has 0 spiro atoms. The third-order valence-electron chi connectivity index (χ3n) is 4.69. The molecule has 1 N–H and O–H groups in total. The summed E-state index contributed by atoms with van der Waals surface area (Å²) in [4.78, 5) is 24.3. The van der Waals surface area contributed by atoms with Crippen LogP contribution in [0.25, 0.3) is 27.8 Å². The summed E-state index contributed by atoms with van der Waals surface area (Å²) < 4.78 is 21.1. The fraction of sp³-hybridized carbons (Fsp3) is 0.211. The van der Waals surface area contributed by atoms with E-state index in [0.717, 1.165) is 4.57 Å². The number of halogens is 1. The van der Waals surface area contributed by atoms with Crippen molar-refractivity contribution in [2.75, 3.05) is 12.9 Å². The number of fused-ring (bicyclic) bond motifs is 3. The van der Waals surface area contributed by atoms with Gasteiger partial charge in [-0.05, 0) is 23.8 Å². The van der Waals surface area contributed by atoms with Crippen molar-refractivity contribution in [1.29, 1.82) is 0 Å². The molecule has 0 saturated carbocycles. The van der Waals surface area contributed by atoms with Gasteiger partial charge in [0.2, 0.25) is 0 Å². The van der Waals surface area contributed by atoms with Crippen LogP contribution >= 0.6 is 12.6 Å². The molecule has 4 rings (SSSR count). The summed E-state index contributed by atoms with van der Waals surface area (Å²) in [5, 5.41) is 22.1. The lowest BCUT2D eigenvalue weighted by Crippen LogP contribution is -2.31. The molecule has 0 saturated heterocycles. The predicted octanol–water partition coefficient (Wildman–Crippen LogP) is 1.95. The van der Waals surface area contributed by atoms with Crippen molar-refractivity contribution in [2.45, 2.75) is 12.6 Å². The Morgan fingerprint density at radius 3 is 2.63 bits per heavy atom. The molecule has 11 heteroatoms. The van der Waals surface area contributed by atoms with Crippen molar-refractivity contribution in [3.63, 3.8) is 0 Å². The molecule has 3 heterocycles. The molecule has 1 aromatic carbocycles. The summed E-state index contributed by atoms with van der Waals surface area (Å²) in [6.45, 7) is 0.162. The number of ether oxygens (including phenoxy) is 1. The number of aliphatic carboxylic acids is 1. The number of rotatable bonds is 6. The number of aromatic nitrogens is 5. The highest BCUT2D eigenvalue weighted by atomic mass is 32.1. The van der Waals surface area contributed by atoms with Crippen molar-refractivity contribution in [3.8, 4) is 11.1 Å². The summed E-state index contributed by atoms with van der Waals surface area (Å²) in [7, 11) is 1.52. The maximum atomic E-state index is 13.4. The highest BCUT2D eigenvalue weighted by Crippen LogP contribution is 2.29. The second-order valence-corrected chi connectivity index (χ2v) is 6.86. The van der Waals surface area contributed by atoms with E-state index in [1.165, 1.54) is 30.0 Å². The lowest BCUT2D eigenvalue weighted by Gasteiger charge is -2.13. The molecule has 9 nitrogen and oxygen atoms in total. The standard InChI is InChI=1S/C19H16FN5O4S/c1-29-8-12-15(10-2-4-11(20)5-3-10)17-22-21-16-13(25(17)23-12)6-7-24(18(16)26)14(9-30)19(27)28/h2-7,14,30H,8-9H2,1H3,(H,27,28). The van der Waals surface area contributed by atoms with E-state index in [2.05, 4.69) is 27.9 Å². The first-order valence-corrected chi connectivity index (χ1v) is 9.47. The Balaban J connectivity index is 2.00. The first-order chi connectivity index (χ1) is 14.5. The van der Waals surface area contributed by atoms with E-state index in [9.17, 15) is 19.1 Å². The van der Waals surface area contributed by atoms with E-state index in [1.54, 1.807) is 18.2 Å². The third-order valence-corrected chi connectivity index (χ3v) is 5.03. The minimum Gasteiger partial charge on any atom is -0.480 e. The zero-order valence-corrected chi connectivity index (χ0v) is 16.6. The van der Waals surface area contributed by atoms with Crippen LogP contribution in [0.1, 0.15) is 11.7 Å². The highest BCUT2D eigenvalue weighted by molar-refractivity contribution is 7.80. The molecule has 0 aliphatic carbocycles. The van der Waals surface area contributed by atoms with Crippen LogP contribution in [0.5, 0.6) is 0 Å². The largest absolute Gasteiger partial charge is 0.480 e. The molecule has 0 bridgehead atoms. The SMILES string of the molecule is COCc1nn2c(nnc3c(=O)n(C(CS)C(=O)O)ccc32)c1-c1ccc(F)cc1. The van der Waals surface area contributed by atoms with E-state index < -0.39 is 17.6 Å². The lowest BCUT2D eigenvalue weighted by atomic mass is 10.1. The number of carboxylic acid groups (broad SMARTS) is 1. The summed E-state index contributed by atoms with van der Waals surface area (Å²) in [5.74, 6) is -1.62. The Morgan fingerprint density at radius 1 is 1.27 bits per heavy atom. The molecule has 0 aliphatic rings. The predicted molar refractivity (Wildman–Crippen MR) is 109 cm³/mol. The molecule has 30 heavy (non-hydrogen) atoms. The van der Waals surface area contributed by atoms with E-state index in [-0.39, 0.29) is 23.7 Å². The Bertz CT molecular complexity index is 1320. The summed E-state index contributed by atoms with van der Waals surface area (Å²) in [6.07, 6.45) is 1.37. The van der Waals surface area contributed by atoms with Crippen LogP contribution in [0, 0.1) is 5.82 Å². The molecule has 1 atom stereocenters. The van der Waals surface area contributed by atoms with Crippen LogP contribution in [-0.2, 0) is 16.1 Å². The average molecular weight is 429 g/mol. The first kappa shape index (κ1) is 20.0. The van der Waals surface area contributed by atoms with Gasteiger partial charge in [0, 0.05) is 19.1 Å². The molecular weight excluding hydrogens is 413 g/mol. The van der Waals surface area contributed by atoms with Crippen molar-refractivity contribution in [3.05, 3.63) is 58.4 Å². The molecule has 0 amide bonds. The van der Waals surface area contributed by atoms with Gasteiger partial charge in [0.05, 0.1) is 17.9 Å². The number of pyridine rings is 1. The minimum absolute atomic E-state index is 0.0323. The van der Waals surface area contributed by atoms with E-state index in [4.69, 9.17) is 4.74 Å². The van der Waals surface area contributed by atoms with Gasteiger partial charge in [0.15, 0.2) is 11.2 Å². The van der Waals surface area contributed by atoms with Crippen LogP contribution in [0.15, 0.2) is 41.3 Å². The number of benzene rings is 1. The van der Waals surface area contributed by atoms with Crippen molar-refractivity contribution < 1.29 is 19.0 Å². The lowest BCUT2D eigenvalue weighted by molar-refractivity contribution is -0.140. The van der Waals surface area contributed by atoms with E-state index in [1.807, 2.05) is 0 Å². The first-order valence-electron chi connectivity index (χ1n) is 8.84.